The highest BCUT2D eigenvalue weighted by molar-refractivity contribution is 5.70. The van der Waals surface area contributed by atoms with E-state index in [9.17, 15) is 4.79 Å². The first-order valence-corrected chi connectivity index (χ1v) is 8.76. The number of methoxy groups -OCH3 is 1. The molecule has 0 unspecified atom stereocenters. The van der Waals surface area contributed by atoms with Gasteiger partial charge >= 0.3 is 0 Å². The van der Waals surface area contributed by atoms with Crippen LogP contribution in [0.1, 0.15) is 18.2 Å². The second-order valence-corrected chi connectivity index (χ2v) is 5.93. The Morgan fingerprint density at radius 2 is 1.96 bits per heavy atom. The highest BCUT2D eigenvalue weighted by atomic mass is 16.5. The largest absolute Gasteiger partial charge is 0.383 e. The fraction of sp³-hybridized carbons (Fsp3) is 0.368. The zero-order chi connectivity index (χ0) is 18.4. The van der Waals surface area contributed by atoms with Crippen molar-refractivity contribution in [1.29, 1.82) is 0 Å². The number of hydrogen-bond donors (Lipinski definition) is 1. The van der Waals surface area contributed by atoms with E-state index in [1.165, 1.54) is 5.56 Å². The molecule has 1 aromatic carbocycles. The van der Waals surface area contributed by atoms with Crippen LogP contribution in [0.25, 0.3) is 11.2 Å². The maximum absolute atomic E-state index is 12.9. The molecule has 1 N–H and O–H groups in total. The molecule has 0 saturated carbocycles. The fourth-order valence-electron chi connectivity index (χ4n) is 2.79. The van der Waals surface area contributed by atoms with Gasteiger partial charge in [0.1, 0.15) is 11.2 Å². The van der Waals surface area contributed by atoms with Gasteiger partial charge in [-0.1, -0.05) is 30.3 Å². The molecule has 0 saturated heterocycles. The molecule has 2 heterocycles. The van der Waals surface area contributed by atoms with E-state index in [-0.39, 0.29) is 5.56 Å². The molecule has 26 heavy (non-hydrogen) atoms. The van der Waals surface area contributed by atoms with Gasteiger partial charge in [-0.25, -0.2) is 9.97 Å². The van der Waals surface area contributed by atoms with Crippen molar-refractivity contribution in [2.45, 2.75) is 26.3 Å². The van der Waals surface area contributed by atoms with Crippen LogP contribution in [-0.4, -0.2) is 39.8 Å². The quantitative estimate of drug-likeness (QED) is 0.667. The summed E-state index contributed by atoms with van der Waals surface area (Å²) in [5.74, 6) is 0.490. The average Bonchev–Trinajstić information content (AvgIpc) is 2.67. The van der Waals surface area contributed by atoms with E-state index in [2.05, 4.69) is 32.4 Å². The van der Waals surface area contributed by atoms with Crippen molar-refractivity contribution in [3.63, 3.8) is 0 Å². The molecule has 0 aliphatic carbocycles. The molecule has 0 aliphatic rings. The molecule has 0 fully saturated rings. The maximum Gasteiger partial charge on any atom is 0.273 e. The number of nitrogens with one attached hydrogen (secondary N) is 1. The molecule has 0 amide bonds. The second-order valence-electron chi connectivity index (χ2n) is 5.93. The predicted octanol–water partition coefficient (Wildman–Crippen LogP) is 2.05. The van der Waals surface area contributed by atoms with Crippen molar-refractivity contribution < 1.29 is 4.74 Å². The van der Waals surface area contributed by atoms with Crippen LogP contribution >= 0.6 is 0 Å². The third-order valence-corrected chi connectivity index (χ3v) is 4.10. The van der Waals surface area contributed by atoms with Crippen LogP contribution in [0.5, 0.6) is 0 Å². The summed E-state index contributed by atoms with van der Waals surface area (Å²) >= 11 is 0. The first-order chi connectivity index (χ1) is 12.7. The molecule has 7 nitrogen and oxygen atoms in total. The SMILES string of the molecule is CCNc1ncc2nc(CCc3ccccc3)c(=O)n(CCOC)c2n1. The van der Waals surface area contributed by atoms with E-state index in [1.807, 2.05) is 25.1 Å². The molecule has 0 atom stereocenters. The lowest BCUT2D eigenvalue weighted by atomic mass is 10.1. The van der Waals surface area contributed by atoms with Crippen LogP contribution in [0.15, 0.2) is 41.3 Å². The number of rotatable bonds is 8. The van der Waals surface area contributed by atoms with E-state index < -0.39 is 0 Å². The van der Waals surface area contributed by atoms with E-state index >= 15 is 0 Å². The number of anilines is 1. The standard InChI is InChI=1S/C19H23N5O2/c1-3-20-19-21-13-16-17(23-19)24(11-12-26-2)18(25)15(22-16)10-9-14-7-5-4-6-8-14/h4-8,13H,3,9-12H2,1-2H3,(H,20,21,23). The number of fused-ring (bicyclic) bond motifs is 1. The van der Waals surface area contributed by atoms with Crippen LogP contribution in [-0.2, 0) is 24.1 Å². The Balaban J connectivity index is 1.99. The Bertz CT molecular complexity index is 924. The van der Waals surface area contributed by atoms with Gasteiger partial charge in [-0.05, 0) is 25.3 Å². The summed E-state index contributed by atoms with van der Waals surface area (Å²) in [6.45, 7) is 3.53. The minimum atomic E-state index is -0.119. The third-order valence-electron chi connectivity index (χ3n) is 4.10. The number of aromatic nitrogens is 4. The summed E-state index contributed by atoms with van der Waals surface area (Å²) in [6.07, 6.45) is 2.99. The average molecular weight is 353 g/mol. The van der Waals surface area contributed by atoms with Crippen molar-refractivity contribution in [2.24, 2.45) is 0 Å². The molecule has 3 aromatic rings. The molecule has 0 bridgehead atoms. The Morgan fingerprint density at radius 1 is 1.15 bits per heavy atom. The van der Waals surface area contributed by atoms with E-state index in [0.29, 0.717) is 48.9 Å². The van der Waals surface area contributed by atoms with E-state index in [1.54, 1.807) is 17.9 Å². The highest BCUT2D eigenvalue weighted by Gasteiger charge is 2.13. The van der Waals surface area contributed by atoms with Crippen molar-refractivity contribution in [1.82, 2.24) is 19.5 Å². The van der Waals surface area contributed by atoms with Gasteiger partial charge in [-0.2, -0.15) is 4.98 Å². The van der Waals surface area contributed by atoms with Crippen LogP contribution in [0.3, 0.4) is 0 Å². The van der Waals surface area contributed by atoms with E-state index in [0.717, 1.165) is 6.42 Å². The molecule has 3 rings (SSSR count). The molecule has 0 aliphatic heterocycles. The molecule has 0 radical (unpaired) electrons. The molecule has 2 aromatic heterocycles. The van der Waals surface area contributed by atoms with Crippen LogP contribution < -0.4 is 10.9 Å². The highest BCUT2D eigenvalue weighted by Crippen LogP contribution is 2.11. The normalized spacial score (nSPS) is 11.0. The number of hydrogen-bond acceptors (Lipinski definition) is 6. The minimum Gasteiger partial charge on any atom is -0.383 e. The predicted molar refractivity (Wildman–Crippen MR) is 101 cm³/mol. The van der Waals surface area contributed by atoms with Gasteiger partial charge < -0.3 is 10.1 Å². The number of benzene rings is 1. The summed E-state index contributed by atoms with van der Waals surface area (Å²) in [5.41, 5.74) is 2.73. The smallest absolute Gasteiger partial charge is 0.273 e. The molecule has 7 heteroatoms. The molecule has 136 valence electrons. The van der Waals surface area contributed by atoms with Crippen LogP contribution in [0.2, 0.25) is 0 Å². The maximum atomic E-state index is 12.9. The number of nitrogens with zero attached hydrogens (tertiary/aromatic N) is 4. The lowest BCUT2D eigenvalue weighted by Crippen LogP contribution is -2.28. The van der Waals surface area contributed by atoms with Crippen molar-refractivity contribution in [3.8, 4) is 0 Å². The summed E-state index contributed by atoms with van der Waals surface area (Å²) in [5, 5.41) is 3.07. The van der Waals surface area contributed by atoms with Gasteiger partial charge in [-0.15, -0.1) is 0 Å². The van der Waals surface area contributed by atoms with Crippen LogP contribution in [0, 0.1) is 0 Å². The van der Waals surface area contributed by atoms with Gasteiger partial charge in [0.15, 0.2) is 5.65 Å². The lowest BCUT2D eigenvalue weighted by molar-refractivity contribution is 0.187. The Kier molecular flexibility index (Phi) is 5.91. The van der Waals surface area contributed by atoms with Gasteiger partial charge in [0, 0.05) is 13.7 Å². The minimum absolute atomic E-state index is 0.119. The summed E-state index contributed by atoms with van der Waals surface area (Å²) in [4.78, 5) is 26.2. The zero-order valence-electron chi connectivity index (χ0n) is 15.1. The van der Waals surface area contributed by atoms with Gasteiger partial charge in [-0.3, -0.25) is 9.36 Å². The van der Waals surface area contributed by atoms with Gasteiger partial charge in [0.25, 0.3) is 5.56 Å². The fourth-order valence-corrected chi connectivity index (χ4v) is 2.79. The van der Waals surface area contributed by atoms with Gasteiger partial charge in [0.2, 0.25) is 5.95 Å². The second kappa shape index (κ2) is 8.53. The Morgan fingerprint density at radius 3 is 2.69 bits per heavy atom. The van der Waals surface area contributed by atoms with E-state index in [4.69, 9.17) is 4.74 Å². The molecule has 0 spiro atoms. The number of aryl methyl sites for hydroxylation is 2. The number of ether oxygens (including phenoxy) is 1. The van der Waals surface area contributed by atoms with Crippen LogP contribution in [0.4, 0.5) is 5.95 Å². The summed E-state index contributed by atoms with van der Waals surface area (Å²) in [6, 6.07) is 10.1. The summed E-state index contributed by atoms with van der Waals surface area (Å²) < 4.78 is 6.79. The lowest BCUT2D eigenvalue weighted by Gasteiger charge is -2.12. The topological polar surface area (TPSA) is 81.9 Å². The Labute approximate surface area is 152 Å². The van der Waals surface area contributed by atoms with Crippen molar-refractivity contribution in [3.05, 3.63) is 58.1 Å². The first kappa shape index (κ1) is 18.0. The van der Waals surface area contributed by atoms with Crippen molar-refractivity contribution in [2.75, 3.05) is 25.6 Å². The summed E-state index contributed by atoms with van der Waals surface area (Å²) in [7, 11) is 1.61. The van der Waals surface area contributed by atoms with Gasteiger partial charge in [0.05, 0.1) is 19.3 Å². The molecular formula is C19H23N5O2. The zero-order valence-corrected chi connectivity index (χ0v) is 15.1. The monoisotopic (exact) mass is 353 g/mol. The van der Waals surface area contributed by atoms with Crippen molar-refractivity contribution >= 4 is 17.1 Å². The Hall–Kier alpha value is -2.80. The first-order valence-electron chi connectivity index (χ1n) is 8.76. The third kappa shape index (κ3) is 4.05. The molecular weight excluding hydrogens is 330 g/mol.